The monoisotopic (exact) mass is 308 g/mol. The molecule has 0 heterocycles. The van der Waals surface area contributed by atoms with Crippen LogP contribution in [0, 0.1) is 0 Å². The van der Waals surface area contributed by atoms with Crippen molar-refractivity contribution in [3.63, 3.8) is 0 Å². The maximum atomic E-state index is 9.75. The fourth-order valence-electron chi connectivity index (χ4n) is 0. The first-order valence-corrected chi connectivity index (χ1v) is 1.75. The summed E-state index contributed by atoms with van der Waals surface area (Å²) in [7, 11) is -12.0. The molecule has 0 aliphatic rings. The van der Waals surface area contributed by atoms with Gasteiger partial charge in [-0.3, -0.25) is 0 Å². The van der Waals surface area contributed by atoms with Crippen LogP contribution in [0.15, 0.2) is 0 Å². The molecule has 0 spiro atoms. The van der Waals surface area contributed by atoms with Crippen molar-refractivity contribution in [2.75, 3.05) is 0 Å². The van der Waals surface area contributed by atoms with Gasteiger partial charge < -0.3 is 34.5 Å². The van der Waals surface area contributed by atoms with E-state index in [1.807, 2.05) is 0 Å². The van der Waals surface area contributed by atoms with Gasteiger partial charge in [0, 0.05) is 0 Å². The zero-order chi connectivity index (χ0) is 9.00. The van der Waals surface area contributed by atoms with Gasteiger partial charge in [0.15, 0.2) is 0 Å². The zero-order valence-electron chi connectivity index (χ0n) is 4.18. The summed E-state index contributed by atoms with van der Waals surface area (Å²) < 4.78 is 78.0. The Morgan fingerprint density at radius 2 is 0.455 bits per heavy atom. The summed E-state index contributed by atoms with van der Waals surface area (Å²) in [6, 6.07) is 0. The molecule has 0 rings (SSSR count). The van der Waals surface area contributed by atoms with Crippen molar-refractivity contribution in [1.82, 2.24) is 0 Å². The molecule has 0 aliphatic heterocycles. The summed E-state index contributed by atoms with van der Waals surface area (Å²) in [4.78, 5) is 0. The normalized spacial score (nSPS) is 10.9. The van der Waals surface area contributed by atoms with Crippen molar-refractivity contribution in [2.24, 2.45) is 0 Å². The van der Waals surface area contributed by atoms with Gasteiger partial charge >= 0.3 is 83.4 Å². The van der Waals surface area contributed by atoms with Crippen LogP contribution in [0.5, 0.6) is 0 Å². The first-order chi connectivity index (χ1) is 4.00. The molecule has 0 aromatic carbocycles. The Balaban J connectivity index is -0.000000107. The molecule has 0 radical (unpaired) electrons. The summed E-state index contributed by atoms with van der Waals surface area (Å²) in [5.74, 6) is 0. The molecule has 0 amide bonds. The maximum absolute atomic E-state index is 9.75. The number of rotatable bonds is 0. The Kier molecular flexibility index (Phi) is 11.8. The van der Waals surface area contributed by atoms with Crippen molar-refractivity contribution in [3.05, 3.63) is 0 Å². The molecular formula is HB2CsF8-2. The molecule has 0 bridgehead atoms. The van der Waals surface area contributed by atoms with E-state index in [2.05, 4.69) is 0 Å². The third-order valence-corrected chi connectivity index (χ3v) is 0. The molecular weight excluding hydrogens is 307 g/mol. The van der Waals surface area contributed by atoms with E-state index in [4.69, 9.17) is 0 Å². The predicted octanol–water partition coefficient (Wildman–Crippen LogP) is 1.95. The fourth-order valence-corrected chi connectivity index (χ4v) is 0. The minimum absolute atomic E-state index is 0. The third-order valence-electron chi connectivity index (χ3n) is 0. The average Bonchev–Trinajstić information content (AvgIpc) is 1.12. The number of hydrogen-bond acceptors (Lipinski definition) is 0. The second kappa shape index (κ2) is 7.07. The van der Waals surface area contributed by atoms with Crippen LogP contribution in [0.25, 0.3) is 0 Å². The summed E-state index contributed by atoms with van der Waals surface area (Å²) >= 11 is 0. The SMILES string of the molecule is F[B-](F)(F)F.F[B-](F)(F)F.[CsH]. The van der Waals surface area contributed by atoms with Crippen molar-refractivity contribution < 1.29 is 34.5 Å². The molecule has 0 aromatic rings. The molecule has 0 nitrogen and oxygen atoms in total. The molecule has 11 heavy (non-hydrogen) atoms. The average molecular weight is 308 g/mol. The molecule has 0 fully saturated rings. The molecule has 0 saturated heterocycles. The van der Waals surface area contributed by atoms with Gasteiger partial charge in [-0.1, -0.05) is 0 Å². The molecule has 0 atom stereocenters. The van der Waals surface area contributed by atoms with E-state index in [-0.39, 0.29) is 68.9 Å². The first-order valence-electron chi connectivity index (χ1n) is 1.75. The van der Waals surface area contributed by atoms with Crippen LogP contribution < -0.4 is 0 Å². The van der Waals surface area contributed by atoms with Crippen LogP contribution in [-0.4, -0.2) is 83.4 Å². The topological polar surface area (TPSA) is 0 Å². The Morgan fingerprint density at radius 3 is 0.455 bits per heavy atom. The van der Waals surface area contributed by atoms with Gasteiger partial charge in [-0.15, -0.1) is 0 Å². The molecule has 0 N–H and O–H groups in total. The van der Waals surface area contributed by atoms with Crippen LogP contribution >= 0.6 is 0 Å². The molecule has 0 aliphatic carbocycles. The zero-order valence-corrected chi connectivity index (χ0v) is 4.18. The second-order valence-electron chi connectivity index (χ2n) is 0.990. The van der Waals surface area contributed by atoms with E-state index in [9.17, 15) is 34.5 Å². The van der Waals surface area contributed by atoms with Gasteiger partial charge in [0.25, 0.3) is 0 Å². The first kappa shape index (κ1) is 18.4. The standard InChI is InChI=1S/2BF4.Cs.H/c2*2-1(3,4)5;;/q2*-1;;. The number of hydrogen-bond donors (Lipinski definition) is 0. The summed E-state index contributed by atoms with van der Waals surface area (Å²) in [5, 5.41) is 0. The van der Waals surface area contributed by atoms with E-state index in [1.165, 1.54) is 0 Å². The predicted molar refractivity (Wildman–Crippen MR) is 27.5 cm³/mol. The van der Waals surface area contributed by atoms with E-state index >= 15 is 0 Å². The van der Waals surface area contributed by atoms with Crippen molar-refractivity contribution in [2.45, 2.75) is 0 Å². The van der Waals surface area contributed by atoms with E-state index < -0.39 is 14.5 Å². The fraction of sp³-hybridized carbons (Fsp3) is 0. The molecule has 66 valence electrons. The van der Waals surface area contributed by atoms with E-state index in [0.717, 1.165) is 0 Å². The third kappa shape index (κ3) is 409. The van der Waals surface area contributed by atoms with Crippen LogP contribution in [-0.2, 0) is 0 Å². The van der Waals surface area contributed by atoms with Crippen molar-refractivity contribution >= 4 is 83.4 Å². The molecule has 0 unspecified atom stereocenters. The van der Waals surface area contributed by atoms with Gasteiger partial charge in [-0.25, -0.2) is 0 Å². The summed E-state index contributed by atoms with van der Waals surface area (Å²) in [5.41, 5.74) is 0. The van der Waals surface area contributed by atoms with E-state index in [1.54, 1.807) is 0 Å². The van der Waals surface area contributed by atoms with Crippen LogP contribution in [0.4, 0.5) is 34.5 Å². The van der Waals surface area contributed by atoms with Crippen molar-refractivity contribution in [3.8, 4) is 0 Å². The quantitative estimate of drug-likeness (QED) is 0.474. The molecule has 11 heteroatoms. The number of halogens is 8. The molecule has 0 saturated carbocycles. The minimum atomic E-state index is -6.00. The Morgan fingerprint density at radius 1 is 0.455 bits per heavy atom. The van der Waals surface area contributed by atoms with E-state index in [0.29, 0.717) is 0 Å². The summed E-state index contributed by atoms with van der Waals surface area (Å²) in [6.07, 6.45) is 0. The Hall–Kier alpha value is 1.62. The van der Waals surface area contributed by atoms with Crippen molar-refractivity contribution in [1.29, 1.82) is 0 Å². The van der Waals surface area contributed by atoms with Gasteiger partial charge in [0.2, 0.25) is 0 Å². The summed E-state index contributed by atoms with van der Waals surface area (Å²) in [6.45, 7) is 0. The molecule has 0 aromatic heterocycles. The van der Waals surface area contributed by atoms with Gasteiger partial charge in [-0.05, 0) is 0 Å². The van der Waals surface area contributed by atoms with Crippen LogP contribution in [0.1, 0.15) is 0 Å². The Bertz CT molecular complexity index is 55.1. The Labute approximate surface area is 116 Å². The second-order valence-corrected chi connectivity index (χ2v) is 0.990. The van der Waals surface area contributed by atoms with Gasteiger partial charge in [0.1, 0.15) is 0 Å². The van der Waals surface area contributed by atoms with Gasteiger partial charge in [0.05, 0.1) is 0 Å². The van der Waals surface area contributed by atoms with Crippen LogP contribution in [0.3, 0.4) is 0 Å². The van der Waals surface area contributed by atoms with Crippen LogP contribution in [0.2, 0.25) is 0 Å². The van der Waals surface area contributed by atoms with Gasteiger partial charge in [-0.2, -0.15) is 0 Å².